The standard InChI is InChI=1S/C63H104O6/c1-4-7-10-13-16-19-22-25-28-30-31-33-35-38-41-44-47-50-53-56-62(65)68-59-60(58-67-61(64)55-52-49-46-43-40-37-34-27-24-21-18-15-12-9-6-3)69-63(66)57-54-51-48-45-42-39-36-32-29-26-23-20-17-14-11-8-5-2/h7,10,16-21,25-29,31,33-34,38,41,60H,4-6,8-9,11-15,22-24,30,32,35-37,39-40,42-59H2,1-3H3/b10-7-,19-16-,20-17-,21-18-,28-25-,29-26-,33-31-,34-27-,41-38-/t60-/m1/s1. The number of hydrogen-bond acceptors (Lipinski definition) is 6. The third-order valence-corrected chi connectivity index (χ3v) is 11.7. The lowest BCUT2D eigenvalue weighted by atomic mass is 10.1. The number of carbonyl (C=O) groups excluding carboxylic acids is 3. The second-order valence-corrected chi connectivity index (χ2v) is 18.5. The van der Waals surface area contributed by atoms with Crippen LogP contribution in [0.2, 0.25) is 0 Å². The molecule has 0 heterocycles. The summed E-state index contributed by atoms with van der Waals surface area (Å²) in [5.74, 6) is -0.955. The minimum Gasteiger partial charge on any atom is -0.462 e. The molecular formula is C63H104O6. The molecular weight excluding hydrogens is 853 g/mol. The number of carbonyl (C=O) groups is 3. The summed E-state index contributed by atoms with van der Waals surface area (Å²) in [6.45, 7) is 6.43. The third-order valence-electron chi connectivity index (χ3n) is 11.7. The van der Waals surface area contributed by atoms with E-state index in [0.717, 1.165) is 135 Å². The molecule has 6 nitrogen and oxygen atoms in total. The highest BCUT2D eigenvalue weighted by Crippen LogP contribution is 2.14. The molecule has 0 aromatic heterocycles. The fourth-order valence-electron chi connectivity index (χ4n) is 7.47. The molecule has 0 aliphatic heterocycles. The number of allylic oxidation sites excluding steroid dienone is 18. The molecule has 0 N–H and O–H groups in total. The zero-order valence-corrected chi connectivity index (χ0v) is 44.8. The molecule has 69 heavy (non-hydrogen) atoms. The molecule has 0 unspecified atom stereocenters. The Morgan fingerprint density at radius 3 is 0.899 bits per heavy atom. The monoisotopic (exact) mass is 957 g/mol. The maximum atomic E-state index is 12.9. The van der Waals surface area contributed by atoms with E-state index in [9.17, 15) is 14.4 Å². The molecule has 0 saturated carbocycles. The van der Waals surface area contributed by atoms with Crippen molar-refractivity contribution < 1.29 is 28.6 Å². The summed E-state index contributed by atoms with van der Waals surface area (Å²) in [7, 11) is 0. The van der Waals surface area contributed by atoms with Crippen molar-refractivity contribution in [3.63, 3.8) is 0 Å². The zero-order valence-electron chi connectivity index (χ0n) is 44.8. The van der Waals surface area contributed by atoms with Crippen LogP contribution in [0.3, 0.4) is 0 Å². The van der Waals surface area contributed by atoms with Gasteiger partial charge in [0.1, 0.15) is 13.2 Å². The van der Waals surface area contributed by atoms with Crippen molar-refractivity contribution >= 4 is 17.9 Å². The van der Waals surface area contributed by atoms with Gasteiger partial charge in [0.15, 0.2) is 6.10 Å². The van der Waals surface area contributed by atoms with Crippen LogP contribution in [0.5, 0.6) is 0 Å². The lowest BCUT2D eigenvalue weighted by Gasteiger charge is -2.18. The Hall–Kier alpha value is -3.93. The van der Waals surface area contributed by atoms with Gasteiger partial charge in [-0.25, -0.2) is 0 Å². The van der Waals surface area contributed by atoms with Gasteiger partial charge in [0.05, 0.1) is 0 Å². The van der Waals surface area contributed by atoms with Crippen LogP contribution >= 0.6 is 0 Å². The van der Waals surface area contributed by atoms with Gasteiger partial charge in [-0.3, -0.25) is 14.4 Å². The van der Waals surface area contributed by atoms with E-state index >= 15 is 0 Å². The SMILES string of the molecule is CC/C=C\C/C=C\C/C=C\C/C=C\C/C=C\CCCCCC(=O)OC[C@@H](COC(=O)CCCCCCC/C=C\C/C=C\CCCCC)OC(=O)CCCCCCCCC/C=C\C/C=C\CCCCC. The van der Waals surface area contributed by atoms with Gasteiger partial charge in [0.2, 0.25) is 0 Å². The summed E-state index contributed by atoms with van der Waals surface area (Å²) in [6, 6.07) is 0. The molecule has 0 aliphatic rings. The van der Waals surface area contributed by atoms with Crippen LogP contribution in [0.25, 0.3) is 0 Å². The largest absolute Gasteiger partial charge is 0.462 e. The van der Waals surface area contributed by atoms with Crippen molar-refractivity contribution in [3.05, 3.63) is 109 Å². The van der Waals surface area contributed by atoms with Crippen LogP contribution in [-0.4, -0.2) is 37.2 Å². The van der Waals surface area contributed by atoms with Crippen LogP contribution in [-0.2, 0) is 28.6 Å². The average Bonchev–Trinajstić information content (AvgIpc) is 3.35. The van der Waals surface area contributed by atoms with Gasteiger partial charge in [0, 0.05) is 19.3 Å². The number of rotatable bonds is 50. The highest BCUT2D eigenvalue weighted by molar-refractivity contribution is 5.71. The summed E-state index contributed by atoms with van der Waals surface area (Å²) in [5, 5.41) is 0. The maximum absolute atomic E-state index is 12.9. The predicted molar refractivity (Wildman–Crippen MR) is 297 cm³/mol. The number of esters is 3. The molecule has 0 saturated heterocycles. The first-order valence-corrected chi connectivity index (χ1v) is 28.4. The van der Waals surface area contributed by atoms with E-state index in [1.807, 2.05) is 0 Å². The average molecular weight is 958 g/mol. The first kappa shape index (κ1) is 65.1. The molecule has 0 spiro atoms. The minimum absolute atomic E-state index is 0.101. The summed E-state index contributed by atoms with van der Waals surface area (Å²) < 4.78 is 16.8. The summed E-state index contributed by atoms with van der Waals surface area (Å²) >= 11 is 0. The van der Waals surface area contributed by atoms with Crippen molar-refractivity contribution in [2.45, 2.75) is 258 Å². The van der Waals surface area contributed by atoms with E-state index in [2.05, 4.69) is 130 Å². The highest BCUT2D eigenvalue weighted by atomic mass is 16.6. The summed E-state index contributed by atoms with van der Waals surface area (Å²) in [5.41, 5.74) is 0. The molecule has 0 radical (unpaired) electrons. The van der Waals surface area contributed by atoms with E-state index in [-0.39, 0.29) is 31.1 Å². The molecule has 0 aromatic carbocycles. The topological polar surface area (TPSA) is 78.9 Å². The maximum Gasteiger partial charge on any atom is 0.306 e. The number of unbranched alkanes of at least 4 members (excludes halogenated alkanes) is 21. The minimum atomic E-state index is -0.804. The fraction of sp³-hybridized carbons (Fsp3) is 0.667. The van der Waals surface area contributed by atoms with Crippen molar-refractivity contribution in [2.24, 2.45) is 0 Å². The van der Waals surface area contributed by atoms with Gasteiger partial charge in [0.25, 0.3) is 0 Å². The molecule has 0 fully saturated rings. The molecule has 392 valence electrons. The van der Waals surface area contributed by atoms with Crippen LogP contribution in [0.4, 0.5) is 0 Å². The first-order chi connectivity index (χ1) is 34.0. The van der Waals surface area contributed by atoms with Crippen molar-refractivity contribution in [1.29, 1.82) is 0 Å². The van der Waals surface area contributed by atoms with Crippen LogP contribution in [0, 0.1) is 0 Å². The third kappa shape index (κ3) is 54.9. The van der Waals surface area contributed by atoms with E-state index in [0.29, 0.717) is 19.3 Å². The molecule has 0 aromatic rings. The second kappa shape index (κ2) is 56.7. The smallest absolute Gasteiger partial charge is 0.306 e. The van der Waals surface area contributed by atoms with E-state index in [1.54, 1.807) is 0 Å². The molecule has 0 bridgehead atoms. The van der Waals surface area contributed by atoms with Gasteiger partial charge in [-0.05, 0) is 128 Å². The Morgan fingerprint density at radius 1 is 0.304 bits per heavy atom. The lowest BCUT2D eigenvalue weighted by molar-refractivity contribution is -0.167. The Morgan fingerprint density at radius 2 is 0.565 bits per heavy atom. The fourth-order valence-corrected chi connectivity index (χ4v) is 7.47. The van der Waals surface area contributed by atoms with Gasteiger partial charge in [-0.15, -0.1) is 0 Å². The van der Waals surface area contributed by atoms with Gasteiger partial charge in [-0.1, -0.05) is 214 Å². The Kier molecular flexibility index (Phi) is 53.4. The van der Waals surface area contributed by atoms with Gasteiger partial charge < -0.3 is 14.2 Å². The van der Waals surface area contributed by atoms with E-state index in [4.69, 9.17) is 14.2 Å². The van der Waals surface area contributed by atoms with E-state index < -0.39 is 6.10 Å². The van der Waals surface area contributed by atoms with Crippen LogP contribution in [0.1, 0.15) is 252 Å². The molecule has 0 amide bonds. The molecule has 0 rings (SSSR count). The van der Waals surface area contributed by atoms with Gasteiger partial charge in [-0.2, -0.15) is 0 Å². The predicted octanol–water partition coefficient (Wildman–Crippen LogP) is 19.1. The quantitative estimate of drug-likeness (QED) is 0.0262. The molecule has 1 atom stereocenters. The Labute approximate surface area is 425 Å². The molecule has 0 aliphatic carbocycles. The van der Waals surface area contributed by atoms with E-state index in [1.165, 1.54) is 77.0 Å². The Bertz CT molecular complexity index is 1420. The van der Waals surface area contributed by atoms with Crippen molar-refractivity contribution in [2.75, 3.05) is 13.2 Å². The Balaban J connectivity index is 4.50. The summed E-state index contributed by atoms with van der Waals surface area (Å²) in [4.78, 5) is 38.2. The number of ether oxygens (including phenoxy) is 3. The lowest BCUT2D eigenvalue weighted by Crippen LogP contribution is -2.30. The van der Waals surface area contributed by atoms with Crippen molar-refractivity contribution in [3.8, 4) is 0 Å². The van der Waals surface area contributed by atoms with Crippen LogP contribution in [0.15, 0.2) is 109 Å². The van der Waals surface area contributed by atoms with Crippen molar-refractivity contribution in [1.82, 2.24) is 0 Å². The normalized spacial score (nSPS) is 12.9. The second-order valence-electron chi connectivity index (χ2n) is 18.5. The highest BCUT2D eigenvalue weighted by Gasteiger charge is 2.19. The zero-order chi connectivity index (χ0) is 50.0. The van der Waals surface area contributed by atoms with Gasteiger partial charge >= 0.3 is 17.9 Å². The van der Waals surface area contributed by atoms with Crippen LogP contribution < -0.4 is 0 Å². The first-order valence-electron chi connectivity index (χ1n) is 28.4. The molecule has 6 heteroatoms. The summed E-state index contributed by atoms with van der Waals surface area (Å²) in [6.07, 6.45) is 76.4. The number of hydrogen-bond donors (Lipinski definition) is 0.